The Morgan fingerprint density at radius 2 is 1.89 bits per heavy atom. The van der Waals surface area contributed by atoms with E-state index < -0.39 is 10.0 Å². The Balaban J connectivity index is 1.75. The van der Waals surface area contributed by atoms with E-state index in [4.69, 9.17) is 0 Å². The van der Waals surface area contributed by atoms with E-state index in [0.717, 1.165) is 22.8 Å². The maximum absolute atomic E-state index is 12.6. The molecule has 1 aliphatic heterocycles. The zero-order valence-corrected chi connectivity index (χ0v) is 16.7. The van der Waals surface area contributed by atoms with Gasteiger partial charge in [0.2, 0.25) is 15.9 Å². The molecule has 0 unspecified atom stereocenters. The van der Waals surface area contributed by atoms with Crippen LogP contribution in [0.2, 0.25) is 0 Å². The van der Waals surface area contributed by atoms with Crippen molar-refractivity contribution >= 4 is 27.5 Å². The van der Waals surface area contributed by atoms with Crippen LogP contribution in [0.3, 0.4) is 0 Å². The van der Waals surface area contributed by atoms with Crippen molar-refractivity contribution < 1.29 is 18.0 Å². The first-order valence-corrected chi connectivity index (χ1v) is 10.4. The van der Waals surface area contributed by atoms with Gasteiger partial charge in [0.25, 0.3) is 5.91 Å². The van der Waals surface area contributed by atoms with Crippen molar-refractivity contribution in [2.75, 3.05) is 26.0 Å². The lowest BCUT2D eigenvalue weighted by atomic mass is 10.1. The van der Waals surface area contributed by atoms with Crippen molar-refractivity contribution in [2.45, 2.75) is 24.3 Å². The van der Waals surface area contributed by atoms with E-state index in [0.29, 0.717) is 24.2 Å². The molecule has 0 radical (unpaired) electrons. The number of sulfonamides is 1. The molecule has 0 aliphatic carbocycles. The van der Waals surface area contributed by atoms with Gasteiger partial charge in [-0.1, -0.05) is 18.2 Å². The predicted octanol–water partition coefficient (Wildman–Crippen LogP) is 2.31. The van der Waals surface area contributed by atoms with E-state index in [1.807, 2.05) is 6.07 Å². The number of likely N-dealkylation sites (tertiary alicyclic amines) is 1. The highest BCUT2D eigenvalue weighted by molar-refractivity contribution is 7.89. The van der Waals surface area contributed by atoms with Gasteiger partial charge >= 0.3 is 0 Å². The standard InChI is InChI=1S/C20H23N3O4S/c1-22(2)28(26,27)18-9-4-8-17(13-18)21-20(25)16-7-3-6-15(12-16)14-23-11-5-10-19(23)24/h3-4,6-9,12-13H,5,10-11,14H2,1-2H3,(H,21,25). The molecule has 2 aromatic rings. The highest BCUT2D eigenvalue weighted by atomic mass is 32.2. The zero-order valence-electron chi connectivity index (χ0n) is 15.9. The fourth-order valence-corrected chi connectivity index (χ4v) is 4.00. The molecule has 2 aromatic carbocycles. The van der Waals surface area contributed by atoms with Gasteiger partial charge in [0.15, 0.2) is 0 Å². The number of hydrogen-bond acceptors (Lipinski definition) is 4. The molecule has 1 saturated heterocycles. The van der Waals surface area contributed by atoms with Crippen LogP contribution in [0.25, 0.3) is 0 Å². The van der Waals surface area contributed by atoms with Crippen molar-refractivity contribution in [1.29, 1.82) is 0 Å². The molecule has 28 heavy (non-hydrogen) atoms. The summed E-state index contributed by atoms with van der Waals surface area (Å²) < 4.78 is 25.6. The molecule has 0 aromatic heterocycles. The molecule has 3 rings (SSSR count). The highest BCUT2D eigenvalue weighted by Crippen LogP contribution is 2.19. The smallest absolute Gasteiger partial charge is 0.255 e. The zero-order chi connectivity index (χ0) is 20.3. The van der Waals surface area contributed by atoms with E-state index in [2.05, 4.69) is 5.32 Å². The molecule has 1 N–H and O–H groups in total. The number of hydrogen-bond donors (Lipinski definition) is 1. The van der Waals surface area contributed by atoms with E-state index >= 15 is 0 Å². The molecule has 1 fully saturated rings. The molecule has 8 heteroatoms. The Kier molecular flexibility index (Phi) is 5.81. The van der Waals surface area contributed by atoms with Crippen molar-refractivity contribution in [3.63, 3.8) is 0 Å². The second-order valence-electron chi connectivity index (χ2n) is 6.89. The minimum atomic E-state index is -3.58. The average Bonchev–Trinajstić information content (AvgIpc) is 3.06. The van der Waals surface area contributed by atoms with Gasteiger partial charge in [-0.2, -0.15) is 0 Å². The largest absolute Gasteiger partial charge is 0.338 e. The van der Waals surface area contributed by atoms with Crippen LogP contribution in [0.15, 0.2) is 53.4 Å². The first-order valence-electron chi connectivity index (χ1n) is 8.98. The summed E-state index contributed by atoms with van der Waals surface area (Å²) in [4.78, 5) is 26.3. The van der Waals surface area contributed by atoms with E-state index in [9.17, 15) is 18.0 Å². The van der Waals surface area contributed by atoms with Crippen LogP contribution in [0.5, 0.6) is 0 Å². The molecule has 7 nitrogen and oxygen atoms in total. The molecular formula is C20H23N3O4S. The Morgan fingerprint density at radius 3 is 2.57 bits per heavy atom. The molecule has 1 heterocycles. The normalized spacial score (nSPS) is 14.5. The quantitative estimate of drug-likeness (QED) is 0.805. The molecule has 1 aliphatic rings. The summed E-state index contributed by atoms with van der Waals surface area (Å²) in [6.07, 6.45) is 1.44. The Hall–Kier alpha value is -2.71. The summed E-state index contributed by atoms with van der Waals surface area (Å²) in [5.74, 6) is -0.206. The highest BCUT2D eigenvalue weighted by Gasteiger charge is 2.21. The van der Waals surface area contributed by atoms with Crippen LogP contribution in [0, 0.1) is 0 Å². The number of anilines is 1. The van der Waals surface area contributed by atoms with Crippen LogP contribution in [-0.2, 0) is 21.4 Å². The second-order valence-corrected chi connectivity index (χ2v) is 9.04. The predicted molar refractivity (Wildman–Crippen MR) is 106 cm³/mol. The number of rotatable bonds is 6. The first kappa shape index (κ1) is 20.0. The minimum absolute atomic E-state index is 0.108. The lowest BCUT2D eigenvalue weighted by Gasteiger charge is -2.16. The minimum Gasteiger partial charge on any atom is -0.338 e. The maximum Gasteiger partial charge on any atom is 0.255 e. The van der Waals surface area contributed by atoms with Crippen molar-refractivity contribution in [3.05, 3.63) is 59.7 Å². The van der Waals surface area contributed by atoms with Gasteiger partial charge in [-0.25, -0.2) is 12.7 Å². The van der Waals surface area contributed by atoms with Gasteiger partial charge < -0.3 is 10.2 Å². The van der Waals surface area contributed by atoms with Crippen LogP contribution >= 0.6 is 0 Å². The summed E-state index contributed by atoms with van der Waals surface area (Å²) in [7, 11) is -0.670. The molecule has 2 amide bonds. The Labute approximate surface area is 165 Å². The van der Waals surface area contributed by atoms with Gasteiger partial charge in [0.1, 0.15) is 0 Å². The molecule has 148 valence electrons. The number of benzene rings is 2. The third-order valence-electron chi connectivity index (χ3n) is 4.60. The van der Waals surface area contributed by atoms with Gasteiger partial charge in [0, 0.05) is 44.9 Å². The van der Waals surface area contributed by atoms with Gasteiger partial charge in [-0.3, -0.25) is 9.59 Å². The van der Waals surface area contributed by atoms with Crippen molar-refractivity contribution in [3.8, 4) is 0 Å². The molecule has 0 spiro atoms. The van der Waals surface area contributed by atoms with Crippen LogP contribution in [-0.4, -0.2) is 50.1 Å². The van der Waals surface area contributed by atoms with Gasteiger partial charge in [0.05, 0.1) is 4.90 Å². The number of carbonyl (C=O) groups excluding carboxylic acids is 2. The monoisotopic (exact) mass is 401 g/mol. The topological polar surface area (TPSA) is 86.8 Å². The summed E-state index contributed by atoms with van der Waals surface area (Å²) in [6, 6.07) is 13.2. The lowest BCUT2D eigenvalue weighted by Crippen LogP contribution is -2.24. The van der Waals surface area contributed by atoms with Gasteiger partial charge in [-0.15, -0.1) is 0 Å². The Bertz CT molecular complexity index is 1000. The SMILES string of the molecule is CN(C)S(=O)(=O)c1cccc(NC(=O)c2cccc(CN3CCCC3=O)c2)c1. The van der Waals surface area contributed by atoms with Crippen LogP contribution in [0.1, 0.15) is 28.8 Å². The number of nitrogens with one attached hydrogen (secondary N) is 1. The van der Waals surface area contributed by atoms with E-state index in [-0.39, 0.29) is 16.7 Å². The second kappa shape index (κ2) is 8.12. The van der Waals surface area contributed by atoms with Crippen molar-refractivity contribution in [2.24, 2.45) is 0 Å². The third kappa shape index (κ3) is 4.40. The summed E-state index contributed by atoms with van der Waals surface area (Å²) in [6.45, 7) is 1.22. The average molecular weight is 401 g/mol. The van der Waals surface area contributed by atoms with Crippen LogP contribution in [0.4, 0.5) is 5.69 Å². The summed E-state index contributed by atoms with van der Waals surface area (Å²) >= 11 is 0. The van der Waals surface area contributed by atoms with Gasteiger partial charge in [-0.05, 0) is 42.3 Å². The molecule has 0 saturated carbocycles. The number of amides is 2. The maximum atomic E-state index is 12.6. The Morgan fingerprint density at radius 1 is 1.14 bits per heavy atom. The number of carbonyl (C=O) groups is 2. The lowest BCUT2D eigenvalue weighted by molar-refractivity contribution is -0.128. The summed E-state index contributed by atoms with van der Waals surface area (Å²) in [5, 5.41) is 2.74. The number of nitrogens with zero attached hydrogens (tertiary/aromatic N) is 2. The fraction of sp³-hybridized carbons (Fsp3) is 0.300. The molecule has 0 atom stereocenters. The summed E-state index contributed by atoms with van der Waals surface area (Å²) in [5.41, 5.74) is 1.73. The fourth-order valence-electron chi connectivity index (χ4n) is 3.05. The van der Waals surface area contributed by atoms with Crippen molar-refractivity contribution in [1.82, 2.24) is 9.21 Å². The molecule has 0 bridgehead atoms. The van der Waals surface area contributed by atoms with Crippen LogP contribution < -0.4 is 5.32 Å². The third-order valence-corrected chi connectivity index (χ3v) is 6.42. The molecular weight excluding hydrogens is 378 g/mol. The van der Waals surface area contributed by atoms with E-state index in [1.54, 1.807) is 35.2 Å². The van der Waals surface area contributed by atoms with E-state index in [1.165, 1.54) is 26.2 Å². The first-order chi connectivity index (χ1) is 13.3.